The van der Waals surface area contributed by atoms with Crippen LogP contribution >= 0.6 is 11.6 Å². The van der Waals surface area contributed by atoms with Crippen molar-refractivity contribution in [2.45, 2.75) is 51.6 Å². The predicted octanol–water partition coefficient (Wildman–Crippen LogP) is 5.15. The quantitative estimate of drug-likeness (QED) is 0.304. The van der Waals surface area contributed by atoms with Crippen LogP contribution in [0.3, 0.4) is 0 Å². The van der Waals surface area contributed by atoms with E-state index in [4.69, 9.17) is 16.3 Å². The van der Waals surface area contributed by atoms with Gasteiger partial charge in [-0.15, -0.1) is 0 Å². The molecular formula is C25H30ClF2N3O3Si. The van der Waals surface area contributed by atoms with Crippen molar-refractivity contribution in [2.24, 2.45) is 0 Å². The lowest BCUT2D eigenvalue weighted by molar-refractivity contribution is -0.131. The third kappa shape index (κ3) is 5.84. The Morgan fingerprint density at radius 2 is 2.00 bits per heavy atom. The van der Waals surface area contributed by atoms with Gasteiger partial charge >= 0.3 is 0 Å². The Hall–Kier alpha value is -2.49. The number of rotatable bonds is 8. The summed E-state index contributed by atoms with van der Waals surface area (Å²) in [5.74, 6) is -0.891. The van der Waals surface area contributed by atoms with Crippen LogP contribution in [0, 0.1) is 5.82 Å². The molecule has 1 aliphatic heterocycles. The lowest BCUT2D eigenvalue weighted by Gasteiger charge is -2.16. The molecule has 0 aliphatic carbocycles. The number of nitrogens with zero attached hydrogens (tertiary/aromatic N) is 3. The van der Waals surface area contributed by atoms with Gasteiger partial charge in [-0.1, -0.05) is 37.3 Å². The SMILES string of the molecule is C[Si](C)(C)CCOCn1cc(-c2ccc(Cl)c(F)c2)c2c(=O)n(CC(=O)N3CCC(F)C3)ccc21. The first-order chi connectivity index (χ1) is 16.5. The second-order valence-corrected chi connectivity index (χ2v) is 16.3. The summed E-state index contributed by atoms with van der Waals surface area (Å²) in [7, 11) is -1.26. The Labute approximate surface area is 209 Å². The van der Waals surface area contributed by atoms with E-state index >= 15 is 0 Å². The monoisotopic (exact) mass is 521 g/mol. The average Bonchev–Trinajstić information content (AvgIpc) is 3.39. The van der Waals surface area contributed by atoms with Crippen molar-refractivity contribution >= 4 is 36.5 Å². The van der Waals surface area contributed by atoms with Gasteiger partial charge in [0.1, 0.15) is 25.3 Å². The minimum Gasteiger partial charge on any atom is -0.361 e. The highest BCUT2D eigenvalue weighted by molar-refractivity contribution is 6.76. The van der Waals surface area contributed by atoms with E-state index in [0.29, 0.717) is 41.6 Å². The van der Waals surface area contributed by atoms with E-state index in [0.717, 1.165) is 6.04 Å². The zero-order valence-electron chi connectivity index (χ0n) is 20.2. The fourth-order valence-corrected chi connectivity index (χ4v) is 5.07. The molecule has 2 aromatic heterocycles. The van der Waals surface area contributed by atoms with Crippen molar-refractivity contribution < 1.29 is 18.3 Å². The fourth-order valence-electron chi connectivity index (χ4n) is 4.19. The summed E-state index contributed by atoms with van der Waals surface area (Å²) in [6.07, 6.45) is 2.62. The number of hydrogen-bond acceptors (Lipinski definition) is 3. The number of carbonyl (C=O) groups is 1. The van der Waals surface area contributed by atoms with Crippen LogP contribution in [-0.2, 0) is 22.8 Å². The molecule has 0 N–H and O–H groups in total. The normalized spacial score (nSPS) is 16.4. The maximum Gasteiger partial charge on any atom is 0.261 e. The Bertz CT molecular complexity index is 1300. The molecule has 1 aliphatic rings. The third-order valence-electron chi connectivity index (χ3n) is 6.25. The van der Waals surface area contributed by atoms with Crippen LogP contribution in [-0.4, -0.2) is 53.9 Å². The summed E-state index contributed by atoms with van der Waals surface area (Å²) in [4.78, 5) is 27.6. The molecular weight excluding hydrogens is 492 g/mol. The zero-order valence-corrected chi connectivity index (χ0v) is 21.9. The number of hydrogen-bond donors (Lipinski definition) is 0. The van der Waals surface area contributed by atoms with E-state index in [1.165, 1.54) is 21.6 Å². The maximum atomic E-state index is 14.3. The second-order valence-electron chi connectivity index (χ2n) is 10.2. The minimum absolute atomic E-state index is 0.00745. The van der Waals surface area contributed by atoms with E-state index < -0.39 is 20.1 Å². The standard InChI is InChI=1S/C25H30ClF2N3O3Si/c1-35(2,3)11-10-34-16-31-14-19(17-4-5-20(26)21(28)12-17)24-22(31)7-9-30(25(24)33)15-23(32)29-8-6-18(27)13-29/h4-5,7,9,12,14,18H,6,8,10-11,13,15-16H2,1-3H3. The molecule has 1 fully saturated rings. The fraction of sp³-hybridized carbons (Fsp3) is 0.440. The molecule has 4 rings (SSSR count). The number of halogens is 3. The van der Waals surface area contributed by atoms with Crippen molar-refractivity contribution in [1.29, 1.82) is 0 Å². The van der Waals surface area contributed by atoms with Crippen molar-refractivity contribution in [3.8, 4) is 11.1 Å². The lowest BCUT2D eigenvalue weighted by atomic mass is 10.1. The molecule has 188 valence electrons. The summed E-state index contributed by atoms with van der Waals surface area (Å²) < 4.78 is 36.9. The van der Waals surface area contributed by atoms with Gasteiger partial charge in [-0.2, -0.15) is 0 Å². The summed E-state index contributed by atoms with van der Waals surface area (Å²) in [5.41, 5.74) is 1.28. The lowest BCUT2D eigenvalue weighted by Crippen LogP contribution is -2.35. The van der Waals surface area contributed by atoms with Gasteiger partial charge in [-0.3, -0.25) is 9.59 Å². The topological polar surface area (TPSA) is 56.5 Å². The van der Waals surface area contributed by atoms with Crippen molar-refractivity contribution in [1.82, 2.24) is 14.0 Å². The Balaban J connectivity index is 1.70. The van der Waals surface area contributed by atoms with Gasteiger partial charge in [0.25, 0.3) is 5.56 Å². The van der Waals surface area contributed by atoms with Gasteiger partial charge in [0, 0.05) is 39.2 Å². The Morgan fingerprint density at radius 3 is 2.66 bits per heavy atom. The largest absolute Gasteiger partial charge is 0.361 e. The Kier molecular flexibility index (Phi) is 7.49. The molecule has 1 atom stereocenters. The van der Waals surface area contributed by atoms with E-state index in [1.54, 1.807) is 24.5 Å². The van der Waals surface area contributed by atoms with Gasteiger partial charge in [0.2, 0.25) is 5.91 Å². The van der Waals surface area contributed by atoms with E-state index in [2.05, 4.69) is 19.6 Å². The molecule has 35 heavy (non-hydrogen) atoms. The van der Waals surface area contributed by atoms with E-state index in [9.17, 15) is 18.4 Å². The molecule has 1 saturated heterocycles. The minimum atomic E-state index is -1.26. The molecule has 0 radical (unpaired) electrons. The van der Waals surface area contributed by atoms with Crippen LogP contribution in [0.5, 0.6) is 0 Å². The number of carbonyl (C=O) groups excluding carboxylic acids is 1. The third-order valence-corrected chi connectivity index (χ3v) is 8.26. The van der Waals surface area contributed by atoms with Gasteiger partial charge in [-0.25, -0.2) is 8.78 Å². The number of likely N-dealkylation sites (tertiary alicyclic amines) is 1. The first-order valence-corrected chi connectivity index (χ1v) is 15.8. The molecule has 10 heteroatoms. The molecule has 1 amide bonds. The number of amides is 1. The summed E-state index contributed by atoms with van der Waals surface area (Å²) in [6.45, 7) is 7.88. The number of ether oxygens (including phenoxy) is 1. The summed E-state index contributed by atoms with van der Waals surface area (Å²) >= 11 is 5.87. The molecule has 6 nitrogen and oxygen atoms in total. The molecule has 0 bridgehead atoms. The highest BCUT2D eigenvalue weighted by Gasteiger charge is 2.26. The smallest absolute Gasteiger partial charge is 0.261 e. The summed E-state index contributed by atoms with van der Waals surface area (Å²) in [6, 6.07) is 7.16. The van der Waals surface area contributed by atoms with Gasteiger partial charge in [-0.05, 0) is 36.2 Å². The Morgan fingerprint density at radius 1 is 1.23 bits per heavy atom. The summed E-state index contributed by atoms with van der Waals surface area (Å²) in [5, 5.41) is 0.354. The van der Waals surface area contributed by atoms with Crippen LogP contribution in [0.1, 0.15) is 6.42 Å². The zero-order chi connectivity index (χ0) is 25.3. The van der Waals surface area contributed by atoms with Crippen LogP contribution < -0.4 is 5.56 Å². The van der Waals surface area contributed by atoms with Crippen LogP contribution in [0.2, 0.25) is 30.7 Å². The predicted molar refractivity (Wildman–Crippen MR) is 137 cm³/mol. The van der Waals surface area contributed by atoms with Crippen LogP contribution in [0.15, 0.2) is 41.5 Å². The molecule has 1 aromatic carbocycles. The molecule has 0 spiro atoms. The molecule has 0 saturated carbocycles. The first-order valence-electron chi connectivity index (χ1n) is 11.7. The van der Waals surface area contributed by atoms with Gasteiger partial charge in [0.15, 0.2) is 0 Å². The van der Waals surface area contributed by atoms with Crippen molar-refractivity contribution in [2.75, 3.05) is 19.7 Å². The van der Waals surface area contributed by atoms with Gasteiger partial charge < -0.3 is 18.8 Å². The van der Waals surface area contributed by atoms with E-state index in [-0.39, 0.29) is 36.3 Å². The van der Waals surface area contributed by atoms with Crippen molar-refractivity contribution in [3.63, 3.8) is 0 Å². The number of pyridine rings is 1. The second kappa shape index (κ2) is 10.2. The molecule has 1 unspecified atom stereocenters. The first kappa shape index (κ1) is 25.6. The highest BCUT2D eigenvalue weighted by Crippen LogP contribution is 2.31. The molecule has 3 heterocycles. The van der Waals surface area contributed by atoms with Crippen LogP contribution in [0.4, 0.5) is 8.78 Å². The van der Waals surface area contributed by atoms with Gasteiger partial charge in [0.05, 0.1) is 22.5 Å². The average molecular weight is 522 g/mol. The number of benzene rings is 1. The number of aromatic nitrogens is 2. The maximum absolute atomic E-state index is 14.3. The van der Waals surface area contributed by atoms with E-state index in [1.807, 2.05) is 4.57 Å². The number of alkyl halides is 1. The highest BCUT2D eigenvalue weighted by atomic mass is 35.5. The number of fused-ring (bicyclic) bond motifs is 1. The van der Waals surface area contributed by atoms with Crippen LogP contribution in [0.25, 0.3) is 22.0 Å². The molecule has 3 aromatic rings. The van der Waals surface area contributed by atoms with Crippen molar-refractivity contribution in [3.05, 3.63) is 57.9 Å².